The largest absolute Gasteiger partial charge is 0.484 e. The van der Waals surface area contributed by atoms with Crippen molar-refractivity contribution < 1.29 is 22.3 Å². The van der Waals surface area contributed by atoms with Crippen molar-refractivity contribution in [3.63, 3.8) is 0 Å². The number of nitrogens with one attached hydrogen (secondary N) is 4. The first-order valence-corrected chi connectivity index (χ1v) is 11.6. The Morgan fingerprint density at radius 1 is 1.23 bits per heavy atom. The van der Waals surface area contributed by atoms with Gasteiger partial charge in [0.05, 0.1) is 11.1 Å². The summed E-state index contributed by atoms with van der Waals surface area (Å²) >= 11 is 0. The van der Waals surface area contributed by atoms with Crippen LogP contribution in [0.5, 0.6) is 5.75 Å². The molecule has 0 bridgehead atoms. The summed E-state index contributed by atoms with van der Waals surface area (Å²) in [5.41, 5.74) is 6.79. The Kier molecular flexibility index (Phi) is 7.60. The molecule has 4 N–H and O–H groups in total. The lowest BCUT2D eigenvalue weighted by atomic mass is 10.0. The summed E-state index contributed by atoms with van der Waals surface area (Å²) in [6.45, 7) is 3.47. The Hall–Kier alpha value is -2.53. The van der Waals surface area contributed by atoms with Gasteiger partial charge >= 0.3 is 0 Å². The predicted octanol–water partition coefficient (Wildman–Crippen LogP) is 1.96. The number of rotatable bonds is 9. The minimum Gasteiger partial charge on any atom is -0.484 e. The first-order chi connectivity index (χ1) is 14.8. The van der Waals surface area contributed by atoms with E-state index in [4.69, 9.17) is 4.74 Å². The maximum Gasteiger partial charge on any atom is 0.259 e. The van der Waals surface area contributed by atoms with Crippen LogP contribution in [0.2, 0.25) is 0 Å². The van der Waals surface area contributed by atoms with Crippen molar-refractivity contribution in [3.8, 4) is 5.75 Å². The number of carbonyl (C=O) groups excluding carboxylic acids is 1. The Morgan fingerprint density at radius 3 is 2.65 bits per heavy atom. The third-order valence-electron chi connectivity index (χ3n) is 4.96. The number of amides is 1. The average Bonchev–Trinajstić information content (AvgIpc) is 3.20. The van der Waals surface area contributed by atoms with Crippen LogP contribution < -0.4 is 25.6 Å². The maximum atomic E-state index is 13.4. The number of benzene rings is 2. The van der Waals surface area contributed by atoms with Gasteiger partial charge in [-0.25, -0.2) is 28.4 Å². The van der Waals surface area contributed by atoms with Crippen molar-refractivity contribution in [3.05, 3.63) is 59.9 Å². The summed E-state index contributed by atoms with van der Waals surface area (Å²) in [6.07, 6.45) is 0.901. The van der Waals surface area contributed by atoms with E-state index in [2.05, 4.69) is 20.9 Å². The molecule has 1 amide bonds. The smallest absolute Gasteiger partial charge is 0.259 e. The third-order valence-corrected chi connectivity index (χ3v) is 6.57. The quantitative estimate of drug-likeness (QED) is 0.465. The second-order valence-corrected chi connectivity index (χ2v) is 9.16. The summed E-state index contributed by atoms with van der Waals surface area (Å²) in [6, 6.07) is 11.9. The summed E-state index contributed by atoms with van der Waals surface area (Å²) in [5, 5.41) is 2.79. The van der Waals surface area contributed by atoms with E-state index in [0.29, 0.717) is 18.6 Å². The lowest BCUT2D eigenvalue weighted by Crippen LogP contribution is -2.45. The molecule has 0 aromatic heterocycles. The molecule has 0 spiro atoms. The van der Waals surface area contributed by atoms with Gasteiger partial charge in [-0.1, -0.05) is 19.1 Å². The minimum atomic E-state index is -3.59. The fraction of sp³-hybridized carbons (Fsp3) is 0.381. The van der Waals surface area contributed by atoms with Crippen LogP contribution in [0.1, 0.15) is 38.3 Å². The molecule has 1 heterocycles. The highest BCUT2D eigenvalue weighted by Crippen LogP contribution is 2.22. The molecule has 168 valence electrons. The number of hydrogen-bond donors (Lipinski definition) is 4. The molecule has 0 aliphatic carbocycles. The van der Waals surface area contributed by atoms with Crippen molar-refractivity contribution in [1.29, 1.82) is 0 Å². The topological polar surface area (TPSA) is 109 Å². The number of carbonyl (C=O) groups is 1. The van der Waals surface area contributed by atoms with E-state index < -0.39 is 10.0 Å². The van der Waals surface area contributed by atoms with E-state index in [9.17, 15) is 17.6 Å². The predicted molar refractivity (Wildman–Crippen MR) is 114 cm³/mol. The molecule has 8 nitrogen and oxygen atoms in total. The van der Waals surface area contributed by atoms with Crippen molar-refractivity contribution >= 4 is 15.9 Å². The highest BCUT2D eigenvalue weighted by atomic mass is 32.2. The van der Waals surface area contributed by atoms with Gasteiger partial charge in [-0.15, -0.1) is 0 Å². The summed E-state index contributed by atoms with van der Waals surface area (Å²) in [5.74, 6) is -0.267. The van der Waals surface area contributed by atoms with Gasteiger partial charge in [-0.05, 0) is 55.3 Å². The molecule has 10 heteroatoms. The van der Waals surface area contributed by atoms with Crippen LogP contribution in [0.15, 0.2) is 53.4 Å². The summed E-state index contributed by atoms with van der Waals surface area (Å²) in [4.78, 5) is 12.3. The Bertz CT molecular complexity index is 1000. The van der Waals surface area contributed by atoms with Crippen LogP contribution in [-0.4, -0.2) is 33.1 Å². The van der Waals surface area contributed by atoms with Gasteiger partial charge in [-0.3, -0.25) is 4.79 Å². The maximum absolute atomic E-state index is 13.4. The van der Waals surface area contributed by atoms with Crippen molar-refractivity contribution in [2.75, 3.05) is 6.61 Å². The Labute approximate surface area is 181 Å². The molecule has 3 atom stereocenters. The van der Waals surface area contributed by atoms with Crippen molar-refractivity contribution in [1.82, 2.24) is 20.9 Å². The lowest BCUT2D eigenvalue weighted by Gasteiger charge is -2.14. The van der Waals surface area contributed by atoms with Gasteiger partial charge in [0.1, 0.15) is 11.6 Å². The van der Waals surface area contributed by atoms with E-state index in [0.717, 1.165) is 5.56 Å². The number of ether oxygens (including phenoxy) is 1. The fourth-order valence-corrected chi connectivity index (χ4v) is 4.44. The number of halogens is 1. The monoisotopic (exact) mass is 450 g/mol. The highest BCUT2D eigenvalue weighted by molar-refractivity contribution is 7.89. The zero-order valence-electron chi connectivity index (χ0n) is 17.4. The first-order valence-electron chi connectivity index (χ1n) is 10.1. The van der Waals surface area contributed by atoms with Gasteiger partial charge in [-0.2, -0.15) is 0 Å². The zero-order valence-corrected chi connectivity index (χ0v) is 18.2. The molecular formula is C21H27FN4O4S. The standard InChI is InChI=1S/C21H27FN4O4S/c1-3-14(2)26-31(28,29)18-9-7-17(8-10-18)30-13-21(27)23-20-12-19(24-25-20)15-5-4-6-16(22)11-15/h4-11,14,19-20,24-26H,3,12-13H2,1-2H3,(H,23,27). The molecule has 3 rings (SSSR count). The Balaban J connectivity index is 1.47. The average molecular weight is 451 g/mol. The first kappa shape index (κ1) is 23.1. The van der Waals surface area contributed by atoms with Crippen molar-refractivity contribution in [2.24, 2.45) is 0 Å². The number of hydrogen-bond acceptors (Lipinski definition) is 6. The minimum absolute atomic E-state index is 0.125. The van der Waals surface area contributed by atoms with Crippen LogP contribution in [-0.2, 0) is 14.8 Å². The molecule has 1 fully saturated rings. The van der Waals surface area contributed by atoms with Crippen molar-refractivity contribution in [2.45, 2.75) is 49.8 Å². The van der Waals surface area contributed by atoms with Gasteiger partial charge in [0.2, 0.25) is 10.0 Å². The number of sulfonamides is 1. The SMILES string of the molecule is CCC(C)NS(=O)(=O)c1ccc(OCC(=O)NC2CC(c3cccc(F)c3)NN2)cc1. The molecule has 0 radical (unpaired) electrons. The normalized spacial score (nSPS) is 19.7. The number of hydrazine groups is 1. The van der Waals surface area contributed by atoms with Crippen LogP contribution >= 0.6 is 0 Å². The zero-order chi connectivity index (χ0) is 22.4. The third kappa shape index (κ3) is 6.47. The van der Waals surface area contributed by atoms with Gasteiger partial charge in [0.25, 0.3) is 5.91 Å². The van der Waals surface area contributed by atoms with E-state index in [1.54, 1.807) is 13.0 Å². The lowest BCUT2D eigenvalue weighted by molar-refractivity contribution is -0.123. The summed E-state index contributed by atoms with van der Waals surface area (Å²) < 4.78 is 46.0. The molecule has 2 aromatic carbocycles. The van der Waals surface area contributed by atoms with Crippen LogP contribution in [0, 0.1) is 5.82 Å². The second-order valence-electron chi connectivity index (χ2n) is 7.44. The van der Waals surface area contributed by atoms with E-state index >= 15 is 0 Å². The summed E-state index contributed by atoms with van der Waals surface area (Å²) in [7, 11) is -3.59. The molecule has 2 aromatic rings. The van der Waals surface area contributed by atoms with E-state index in [1.807, 2.05) is 13.0 Å². The molecule has 0 saturated carbocycles. The van der Waals surface area contributed by atoms with Crippen LogP contribution in [0.4, 0.5) is 4.39 Å². The second kappa shape index (κ2) is 10.2. The molecule has 1 saturated heterocycles. The van der Waals surface area contributed by atoms with Gasteiger partial charge < -0.3 is 10.1 Å². The van der Waals surface area contributed by atoms with Gasteiger partial charge in [0.15, 0.2) is 6.61 Å². The molecule has 3 unspecified atom stereocenters. The molecular weight excluding hydrogens is 423 g/mol. The molecule has 1 aliphatic heterocycles. The highest BCUT2D eigenvalue weighted by Gasteiger charge is 2.26. The van der Waals surface area contributed by atoms with E-state index in [-0.39, 0.29) is 41.5 Å². The van der Waals surface area contributed by atoms with Gasteiger partial charge in [0, 0.05) is 18.5 Å². The molecule has 31 heavy (non-hydrogen) atoms. The fourth-order valence-electron chi connectivity index (χ4n) is 3.11. The van der Waals surface area contributed by atoms with Crippen LogP contribution in [0.3, 0.4) is 0 Å². The Morgan fingerprint density at radius 2 is 1.97 bits per heavy atom. The van der Waals surface area contributed by atoms with E-state index in [1.165, 1.54) is 36.4 Å². The van der Waals surface area contributed by atoms with Crippen LogP contribution in [0.25, 0.3) is 0 Å². The molecule has 1 aliphatic rings.